The van der Waals surface area contributed by atoms with E-state index in [0.29, 0.717) is 11.6 Å². The molecule has 0 spiro atoms. The van der Waals surface area contributed by atoms with Gasteiger partial charge < -0.3 is 15.8 Å². The number of nitrogens with two attached hydrogens (primary N) is 1. The fraction of sp³-hybridized carbons (Fsp3) is 0.400. The van der Waals surface area contributed by atoms with Crippen molar-refractivity contribution in [3.8, 4) is 5.75 Å². The summed E-state index contributed by atoms with van der Waals surface area (Å²) in [6, 6.07) is 8.50. The number of ether oxygens (including phenoxy) is 1. The van der Waals surface area contributed by atoms with E-state index in [9.17, 15) is 0 Å². The lowest BCUT2D eigenvalue weighted by Crippen LogP contribution is -2.11. The third kappa shape index (κ3) is 3.22. The maximum absolute atomic E-state index is 5.87. The zero-order valence-electron chi connectivity index (χ0n) is 12.3. The summed E-state index contributed by atoms with van der Waals surface area (Å²) in [5.74, 6) is 1.11. The van der Waals surface area contributed by atoms with Crippen molar-refractivity contribution in [3.05, 3.63) is 35.4 Å². The van der Waals surface area contributed by atoms with Gasteiger partial charge in [0.1, 0.15) is 0 Å². The second-order valence-electron chi connectivity index (χ2n) is 5.12. The van der Waals surface area contributed by atoms with Gasteiger partial charge in [0.05, 0.1) is 6.10 Å². The molecular weight excluding hydrogens is 270 g/mol. The molecule has 20 heavy (non-hydrogen) atoms. The Morgan fingerprint density at radius 3 is 2.60 bits per heavy atom. The Balaban J connectivity index is 2.20. The van der Waals surface area contributed by atoms with E-state index in [4.69, 9.17) is 10.5 Å². The number of rotatable bonds is 5. The monoisotopic (exact) mass is 291 g/mol. The quantitative estimate of drug-likeness (QED) is 0.874. The molecule has 0 saturated heterocycles. The zero-order valence-corrected chi connectivity index (χ0v) is 13.1. The van der Waals surface area contributed by atoms with Crippen molar-refractivity contribution in [2.75, 3.05) is 11.1 Å². The first-order chi connectivity index (χ1) is 9.49. The average molecular weight is 291 g/mol. The molecular formula is C15H21N3OS. The maximum atomic E-state index is 5.87. The number of benzene rings is 1. The van der Waals surface area contributed by atoms with E-state index in [2.05, 4.69) is 35.7 Å². The van der Waals surface area contributed by atoms with Gasteiger partial charge in [-0.05, 0) is 50.4 Å². The normalized spacial score (nSPS) is 12.4. The lowest BCUT2D eigenvalue weighted by atomic mass is 10.0. The Morgan fingerprint density at radius 2 is 1.95 bits per heavy atom. The van der Waals surface area contributed by atoms with Crippen LogP contribution in [0.2, 0.25) is 0 Å². The molecule has 2 rings (SSSR count). The number of hydrogen-bond acceptors (Lipinski definition) is 5. The van der Waals surface area contributed by atoms with E-state index in [0.717, 1.165) is 5.00 Å². The lowest BCUT2D eigenvalue weighted by molar-refractivity contribution is 0.245. The van der Waals surface area contributed by atoms with Gasteiger partial charge in [-0.25, -0.2) is 0 Å². The highest BCUT2D eigenvalue weighted by Gasteiger charge is 2.17. The molecule has 0 aliphatic heterocycles. The van der Waals surface area contributed by atoms with E-state index in [-0.39, 0.29) is 12.1 Å². The third-order valence-electron chi connectivity index (χ3n) is 3.03. The molecule has 5 heteroatoms. The van der Waals surface area contributed by atoms with Gasteiger partial charge in [-0.3, -0.25) is 0 Å². The van der Waals surface area contributed by atoms with Crippen LogP contribution in [0.4, 0.5) is 10.8 Å². The molecule has 1 heterocycles. The fourth-order valence-electron chi connectivity index (χ4n) is 2.08. The summed E-state index contributed by atoms with van der Waals surface area (Å²) in [6.07, 6.45) is 0.0722. The van der Waals surface area contributed by atoms with Gasteiger partial charge in [-0.1, -0.05) is 24.3 Å². The van der Waals surface area contributed by atoms with Gasteiger partial charge in [0.15, 0.2) is 16.6 Å². The number of hydrogen-bond donors (Lipinski definition) is 2. The zero-order chi connectivity index (χ0) is 14.7. The molecule has 0 aliphatic rings. The molecule has 108 valence electrons. The predicted octanol–water partition coefficient (Wildman–Crippen LogP) is 3.99. The first-order valence-electron chi connectivity index (χ1n) is 6.73. The number of aromatic nitrogens is 1. The Bertz CT molecular complexity index is 580. The molecule has 1 unspecified atom stereocenters. The Hall–Kier alpha value is -1.75. The number of nitrogen functional groups attached to an aromatic ring is 1. The summed E-state index contributed by atoms with van der Waals surface area (Å²) >= 11 is 1.34. The molecule has 3 N–H and O–H groups in total. The molecule has 1 aromatic carbocycles. The van der Waals surface area contributed by atoms with Crippen molar-refractivity contribution < 1.29 is 4.74 Å². The summed E-state index contributed by atoms with van der Waals surface area (Å²) in [6.45, 7) is 8.19. The second-order valence-corrected chi connectivity index (χ2v) is 5.89. The summed E-state index contributed by atoms with van der Waals surface area (Å²) in [5.41, 5.74) is 8.39. The van der Waals surface area contributed by atoms with E-state index >= 15 is 0 Å². The topological polar surface area (TPSA) is 60.2 Å². The number of anilines is 2. The Labute approximate surface area is 124 Å². The molecule has 4 nitrogen and oxygen atoms in total. The molecule has 0 bridgehead atoms. The summed E-state index contributed by atoms with van der Waals surface area (Å²) < 4.78 is 9.91. The van der Waals surface area contributed by atoms with Gasteiger partial charge in [0.25, 0.3) is 0 Å². The molecule has 0 saturated carbocycles. The summed E-state index contributed by atoms with van der Waals surface area (Å²) in [7, 11) is 0. The minimum atomic E-state index is 0.0722. The third-order valence-corrected chi connectivity index (χ3v) is 3.80. The van der Waals surface area contributed by atoms with Gasteiger partial charge in [-0.2, -0.15) is 4.37 Å². The van der Waals surface area contributed by atoms with Crippen molar-refractivity contribution >= 4 is 22.4 Å². The fourth-order valence-corrected chi connectivity index (χ4v) is 2.82. The van der Waals surface area contributed by atoms with Crippen LogP contribution in [0.3, 0.4) is 0 Å². The van der Waals surface area contributed by atoms with E-state index in [1.165, 1.54) is 22.7 Å². The van der Waals surface area contributed by atoms with E-state index in [1.54, 1.807) is 0 Å². The first kappa shape index (κ1) is 14.7. The molecule has 1 aromatic heterocycles. The highest BCUT2D eigenvalue weighted by Crippen LogP contribution is 2.38. The van der Waals surface area contributed by atoms with E-state index < -0.39 is 0 Å². The van der Waals surface area contributed by atoms with Crippen molar-refractivity contribution in [1.82, 2.24) is 4.37 Å². The minimum absolute atomic E-state index is 0.0722. The van der Waals surface area contributed by atoms with Crippen molar-refractivity contribution in [2.24, 2.45) is 0 Å². The average Bonchev–Trinajstić information content (AvgIpc) is 2.71. The van der Waals surface area contributed by atoms with Crippen LogP contribution in [0.1, 0.15) is 37.9 Å². The molecule has 0 radical (unpaired) electrons. The predicted molar refractivity (Wildman–Crippen MR) is 85.5 cm³/mol. The summed E-state index contributed by atoms with van der Waals surface area (Å²) in [4.78, 5) is 0. The van der Waals surface area contributed by atoms with Crippen LogP contribution in [-0.4, -0.2) is 10.5 Å². The molecule has 0 fully saturated rings. The Morgan fingerprint density at radius 1 is 1.25 bits per heavy atom. The molecule has 1 atom stereocenters. The van der Waals surface area contributed by atoms with Crippen LogP contribution in [0.5, 0.6) is 5.75 Å². The van der Waals surface area contributed by atoms with Crippen LogP contribution >= 0.6 is 11.5 Å². The standard InChI is InChI=1S/C15H21N3OS/c1-9(2)19-13-14(16)18-20-15(13)17-11(4)12-8-6-5-7-10(12)3/h5-9,11,17H,1-4H3,(H2,16,18). The van der Waals surface area contributed by atoms with Crippen LogP contribution in [0.25, 0.3) is 0 Å². The van der Waals surface area contributed by atoms with Crippen LogP contribution in [-0.2, 0) is 0 Å². The van der Waals surface area contributed by atoms with Crippen LogP contribution < -0.4 is 15.8 Å². The summed E-state index contributed by atoms with van der Waals surface area (Å²) in [5, 5.41) is 4.33. The number of nitrogens with zero attached hydrogens (tertiary/aromatic N) is 1. The maximum Gasteiger partial charge on any atom is 0.197 e. The minimum Gasteiger partial charge on any atom is -0.484 e. The van der Waals surface area contributed by atoms with Crippen LogP contribution in [0.15, 0.2) is 24.3 Å². The Kier molecular flexibility index (Phi) is 4.49. The number of aryl methyl sites for hydroxylation is 1. The molecule has 0 amide bonds. The van der Waals surface area contributed by atoms with Gasteiger partial charge >= 0.3 is 0 Å². The highest BCUT2D eigenvalue weighted by atomic mass is 32.1. The largest absolute Gasteiger partial charge is 0.484 e. The molecule has 2 aromatic rings. The second kappa shape index (κ2) is 6.13. The van der Waals surface area contributed by atoms with Gasteiger partial charge in [0, 0.05) is 6.04 Å². The van der Waals surface area contributed by atoms with Crippen molar-refractivity contribution in [1.29, 1.82) is 0 Å². The smallest absolute Gasteiger partial charge is 0.197 e. The van der Waals surface area contributed by atoms with E-state index in [1.807, 2.05) is 26.0 Å². The van der Waals surface area contributed by atoms with Crippen molar-refractivity contribution in [2.45, 2.75) is 39.8 Å². The van der Waals surface area contributed by atoms with Crippen LogP contribution in [0, 0.1) is 6.92 Å². The SMILES string of the molecule is Cc1ccccc1C(C)Nc1snc(N)c1OC(C)C. The number of nitrogens with one attached hydrogen (secondary N) is 1. The van der Waals surface area contributed by atoms with Crippen molar-refractivity contribution in [3.63, 3.8) is 0 Å². The van der Waals surface area contributed by atoms with Gasteiger partial charge in [0.2, 0.25) is 0 Å². The van der Waals surface area contributed by atoms with Gasteiger partial charge in [-0.15, -0.1) is 0 Å². The first-order valence-corrected chi connectivity index (χ1v) is 7.50. The highest BCUT2D eigenvalue weighted by molar-refractivity contribution is 7.11. The lowest BCUT2D eigenvalue weighted by Gasteiger charge is -2.18. The molecule has 0 aliphatic carbocycles.